The molecule has 0 aliphatic carbocycles. The van der Waals surface area contributed by atoms with Crippen LogP contribution in [-0.4, -0.2) is 50.1 Å². The molecule has 0 saturated carbocycles. The molecule has 30 heavy (non-hydrogen) atoms. The number of carbonyl (C=O) groups excluding carboxylic acids is 2. The first-order valence-electron chi connectivity index (χ1n) is 9.72. The van der Waals surface area contributed by atoms with Crippen LogP contribution in [0.25, 0.3) is 10.9 Å². The van der Waals surface area contributed by atoms with Crippen molar-refractivity contribution in [1.29, 1.82) is 0 Å². The van der Waals surface area contributed by atoms with Crippen molar-refractivity contribution in [3.8, 4) is 0 Å². The van der Waals surface area contributed by atoms with Crippen molar-refractivity contribution < 1.29 is 19.1 Å². The molecule has 0 aliphatic heterocycles. The Bertz CT molecular complexity index is 1070. The third-order valence-electron chi connectivity index (χ3n) is 4.69. The van der Waals surface area contributed by atoms with E-state index in [9.17, 15) is 9.59 Å². The molecule has 1 aromatic carbocycles. The van der Waals surface area contributed by atoms with Crippen molar-refractivity contribution in [2.24, 2.45) is 0 Å². The number of fused-ring (bicyclic) bond motifs is 1. The number of aromatic nitrogens is 2. The quantitative estimate of drug-likeness (QED) is 0.226. The summed E-state index contributed by atoms with van der Waals surface area (Å²) in [4.78, 5) is 29.4. The van der Waals surface area contributed by atoms with E-state index >= 15 is 0 Å². The lowest BCUT2D eigenvalue weighted by Gasteiger charge is -2.15. The van der Waals surface area contributed by atoms with Crippen LogP contribution in [-0.2, 0) is 16.2 Å². The monoisotopic (exact) mass is 445 g/mol. The minimum atomic E-state index is -1.16. The number of methoxy groups -OCH3 is 1. The molecule has 3 aromatic rings. The van der Waals surface area contributed by atoms with Crippen LogP contribution in [0.3, 0.4) is 0 Å². The van der Waals surface area contributed by atoms with Crippen LogP contribution >= 0.6 is 11.3 Å². The van der Waals surface area contributed by atoms with Gasteiger partial charge in [0.1, 0.15) is 11.7 Å². The van der Waals surface area contributed by atoms with Gasteiger partial charge in [0.05, 0.1) is 18.2 Å². The molecule has 2 aromatic heterocycles. The Morgan fingerprint density at radius 3 is 2.63 bits per heavy atom. The summed E-state index contributed by atoms with van der Waals surface area (Å²) >= 11 is 1.14. The molecule has 0 aliphatic rings. The molecule has 7 nitrogen and oxygen atoms in total. The van der Waals surface area contributed by atoms with E-state index < -0.39 is 14.0 Å². The zero-order valence-electron chi connectivity index (χ0n) is 17.9. The van der Waals surface area contributed by atoms with Gasteiger partial charge in [-0.25, -0.2) is 9.78 Å². The Labute approximate surface area is 181 Å². The standard InChI is InChI=1S/C21H27N3O4SSi/c1-22-19-17(21(26)27-2)23-20(29-19)18(25)15-12-24(13-28-10-11-30(3,4)5)16-9-7-6-8-14(15)16/h6-9,12,22H,10-11,13H2,1-5H3. The number of ketones is 1. The van der Waals surface area contributed by atoms with Crippen molar-refractivity contribution >= 4 is 47.1 Å². The van der Waals surface area contributed by atoms with Gasteiger partial charge in [-0.05, 0) is 12.1 Å². The van der Waals surface area contributed by atoms with Gasteiger partial charge >= 0.3 is 5.97 Å². The summed E-state index contributed by atoms with van der Waals surface area (Å²) in [6.07, 6.45) is 1.81. The Kier molecular flexibility index (Phi) is 6.74. The van der Waals surface area contributed by atoms with Crippen molar-refractivity contribution in [3.05, 3.63) is 46.7 Å². The summed E-state index contributed by atoms with van der Waals surface area (Å²) in [6.45, 7) is 8.02. The highest BCUT2D eigenvalue weighted by atomic mass is 32.1. The predicted octanol–water partition coefficient (Wildman–Crippen LogP) is 4.47. The number of carbonyl (C=O) groups is 2. The molecule has 2 heterocycles. The highest BCUT2D eigenvalue weighted by molar-refractivity contribution is 7.18. The highest BCUT2D eigenvalue weighted by Crippen LogP contribution is 2.30. The molecule has 0 atom stereocenters. The van der Waals surface area contributed by atoms with Gasteiger partial charge in [-0.2, -0.15) is 0 Å². The summed E-state index contributed by atoms with van der Waals surface area (Å²) in [5.74, 6) is -0.809. The zero-order chi connectivity index (χ0) is 21.9. The van der Waals surface area contributed by atoms with E-state index in [1.165, 1.54) is 7.11 Å². The fourth-order valence-corrected chi connectivity index (χ4v) is 4.63. The zero-order valence-corrected chi connectivity index (χ0v) is 19.8. The van der Waals surface area contributed by atoms with Gasteiger partial charge in [0.2, 0.25) is 5.78 Å². The molecule has 0 amide bonds. The van der Waals surface area contributed by atoms with Crippen LogP contribution in [0.4, 0.5) is 5.00 Å². The molecular formula is C21H27N3O4SSi. The molecule has 3 rings (SSSR count). The number of nitrogens with zero attached hydrogens (tertiary/aromatic N) is 2. The molecule has 160 valence electrons. The van der Waals surface area contributed by atoms with E-state index in [1.54, 1.807) is 13.2 Å². The molecule has 0 radical (unpaired) electrons. The van der Waals surface area contributed by atoms with Crippen LogP contribution in [0.5, 0.6) is 0 Å². The molecule has 0 bridgehead atoms. The second-order valence-electron chi connectivity index (χ2n) is 8.15. The van der Waals surface area contributed by atoms with E-state index in [0.717, 1.165) is 28.3 Å². The summed E-state index contributed by atoms with van der Waals surface area (Å²) < 4.78 is 12.6. The fraction of sp³-hybridized carbons (Fsp3) is 0.381. The largest absolute Gasteiger partial charge is 0.464 e. The summed E-state index contributed by atoms with van der Waals surface area (Å²) in [7, 11) is 1.80. The van der Waals surface area contributed by atoms with Gasteiger partial charge in [-0.1, -0.05) is 49.2 Å². The van der Waals surface area contributed by atoms with Crippen molar-refractivity contribution in [2.75, 3.05) is 26.1 Å². The second-order valence-corrected chi connectivity index (χ2v) is 14.8. The molecule has 9 heteroatoms. The minimum absolute atomic E-state index is 0.117. The Hall–Kier alpha value is -2.49. The van der Waals surface area contributed by atoms with Crippen LogP contribution in [0, 0.1) is 0 Å². The Balaban J connectivity index is 1.90. The third kappa shape index (κ3) is 4.80. The number of benzene rings is 1. The summed E-state index contributed by atoms with van der Waals surface area (Å²) in [6, 6.07) is 8.80. The maximum absolute atomic E-state index is 13.2. The lowest BCUT2D eigenvalue weighted by atomic mass is 10.1. The first-order valence-corrected chi connectivity index (χ1v) is 14.2. The average molecular weight is 446 g/mol. The van der Waals surface area contributed by atoms with E-state index in [0.29, 0.717) is 23.9 Å². The topological polar surface area (TPSA) is 82.5 Å². The Morgan fingerprint density at radius 2 is 1.97 bits per heavy atom. The van der Waals surface area contributed by atoms with Crippen LogP contribution in [0.2, 0.25) is 25.7 Å². The average Bonchev–Trinajstić information content (AvgIpc) is 3.31. The molecule has 0 spiro atoms. The lowest BCUT2D eigenvalue weighted by Crippen LogP contribution is -2.21. The van der Waals surface area contributed by atoms with Crippen molar-refractivity contribution in [1.82, 2.24) is 9.55 Å². The first kappa shape index (κ1) is 22.2. The van der Waals surface area contributed by atoms with Gasteiger partial charge in [0.25, 0.3) is 0 Å². The lowest BCUT2D eigenvalue weighted by molar-refractivity contribution is 0.0596. The number of ether oxygens (including phenoxy) is 2. The van der Waals surface area contributed by atoms with Crippen LogP contribution < -0.4 is 5.32 Å². The smallest absolute Gasteiger partial charge is 0.359 e. The number of thiazole rings is 1. The minimum Gasteiger partial charge on any atom is -0.464 e. The van der Waals surface area contributed by atoms with Crippen LogP contribution in [0.1, 0.15) is 25.9 Å². The maximum atomic E-state index is 13.2. The number of para-hydroxylation sites is 1. The van der Waals surface area contributed by atoms with Gasteiger partial charge in [-0.3, -0.25) is 4.79 Å². The number of rotatable bonds is 9. The van der Waals surface area contributed by atoms with Gasteiger partial charge in [0, 0.05) is 33.3 Å². The third-order valence-corrected chi connectivity index (χ3v) is 7.46. The molecule has 1 N–H and O–H groups in total. The first-order chi connectivity index (χ1) is 14.2. The fourth-order valence-electron chi connectivity index (χ4n) is 3.01. The summed E-state index contributed by atoms with van der Waals surface area (Å²) in [5, 5.41) is 4.48. The SMILES string of the molecule is CNc1sc(C(=O)c2cn(COCC[Si](C)(C)C)c3ccccc23)nc1C(=O)OC. The normalized spacial score (nSPS) is 11.6. The number of nitrogens with one attached hydrogen (secondary N) is 1. The number of anilines is 1. The van der Waals surface area contributed by atoms with Crippen molar-refractivity contribution in [2.45, 2.75) is 32.4 Å². The number of esters is 1. The number of hydrogen-bond acceptors (Lipinski definition) is 7. The second kappa shape index (κ2) is 9.11. The van der Waals surface area contributed by atoms with E-state index in [-0.39, 0.29) is 16.5 Å². The Morgan fingerprint density at radius 1 is 1.23 bits per heavy atom. The van der Waals surface area contributed by atoms with Gasteiger partial charge < -0.3 is 19.4 Å². The summed E-state index contributed by atoms with van der Waals surface area (Å²) in [5.41, 5.74) is 1.58. The van der Waals surface area contributed by atoms with Gasteiger partial charge in [-0.15, -0.1) is 0 Å². The van der Waals surface area contributed by atoms with Crippen LogP contribution in [0.15, 0.2) is 30.5 Å². The maximum Gasteiger partial charge on any atom is 0.359 e. The molecule has 0 unspecified atom stereocenters. The molecule has 0 fully saturated rings. The molecule has 0 saturated heterocycles. The highest BCUT2D eigenvalue weighted by Gasteiger charge is 2.25. The van der Waals surface area contributed by atoms with Crippen molar-refractivity contribution in [3.63, 3.8) is 0 Å². The van der Waals surface area contributed by atoms with E-state index in [4.69, 9.17) is 9.47 Å². The predicted molar refractivity (Wildman–Crippen MR) is 122 cm³/mol. The van der Waals surface area contributed by atoms with E-state index in [1.807, 2.05) is 28.8 Å². The molecular weight excluding hydrogens is 418 g/mol. The number of hydrogen-bond donors (Lipinski definition) is 1. The van der Waals surface area contributed by atoms with Gasteiger partial charge in [0.15, 0.2) is 10.7 Å². The van der Waals surface area contributed by atoms with E-state index in [2.05, 4.69) is 29.9 Å².